The van der Waals surface area contributed by atoms with Crippen molar-refractivity contribution in [2.24, 2.45) is 5.92 Å². The van der Waals surface area contributed by atoms with E-state index in [1.54, 1.807) is 0 Å². The molecule has 0 amide bonds. The molecule has 0 saturated heterocycles. The largest absolute Gasteiger partial charge is 0.314 e. The van der Waals surface area contributed by atoms with E-state index in [4.69, 9.17) is 0 Å². The molecule has 0 radical (unpaired) electrons. The Bertz CT molecular complexity index is 205. The summed E-state index contributed by atoms with van der Waals surface area (Å²) in [5, 5.41) is 3.70. The minimum Gasteiger partial charge on any atom is -0.314 e. The molecule has 86 valence electrons. The first kappa shape index (κ1) is 12.6. The van der Waals surface area contributed by atoms with Crippen LogP contribution in [0, 0.1) is 17.8 Å². The van der Waals surface area contributed by atoms with Crippen LogP contribution in [0.15, 0.2) is 0 Å². The summed E-state index contributed by atoms with van der Waals surface area (Å²) in [6, 6.07) is 0.730. The monoisotopic (exact) mass is 207 g/mol. The van der Waals surface area contributed by atoms with Crippen LogP contribution in [0.25, 0.3) is 0 Å². The maximum absolute atomic E-state index is 3.70. The van der Waals surface area contributed by atoms with Crippen LogP contribution >= 0.6 is 0 Å². The number of hydrogen-bond donors (Lipinski definition) is 1. The second kappa shape index (κ2) is 7.77. The molecule has 0 aromatic rings. The van der Waals surface area contributed by atoms with E-state index in [0.29, 0.717) is 0 Å². The Labute approximate surface area is 95.0 Å². The van der Waals surface area contributed by atoms with Gasteiger partial charge < -0.3 is 5.32 Å². The molecule has 1 heteroatoms. The van der Waals surface area contributed by atoms with E-state index in [1.807, 2.05) is 6.92 Å². The molecule has 1 atom stereocenters. The number of rotatable bonds is 6. The molecule has 0 aromatic carbocycles. The maximum atomic E-state index is 3.70. The van der Waals surface area contributed by atoms with E-state index >= 15 is 0 Å². The van der Waals surface area contributed by atoms with Crippen molar-refractivity contribution in [1.82, 2.24) is 5.32 Å². The zero-order valence-corrected chi connectivity index (χ0v) is 10.3. The van der Waals surface area contributed by atoms with Gasteiger partial charge in [0.25, 0.3) is 0 Å². The minimum atomic E-state index is 0.730. The van der Waals surface area contributed by atoms with Gasteiger partial charge in [-0.25, -0.2) is 0 Å². The van der Waals surface area contributed by atoms with Crippen molar-refractivity contribution in [3.05, 3.63) is 0 Å². The van der Waals surface area contributed by atoms with Gasteiger partial charge >= 0.3 is 0 Å². The van der Waals surface area contributed by atoms with Gasteiger partial charge in [-0.05, 0) is 45.1 Å². The molecule has 1 N–H and O–H groups in total. The zero-order chi connectivity index (χ0) is 10.9. The van der Waals surface area contributed by atoms with E-state index in [1.165, 1.54) is 45.1 Å². The summed E-state index contributed by atoms with van der Waals surface area (Å²) in [6.45, 7) is 5.34. The molecule has 0 spiro atoms. The molecule has 1 fully saturated rings. The second-order valence-corrected chi connectivity index (χ2v) is 4.57. The maximum Gasteiger partial charge on any atom is 0.0104 e. The van der Waals surface area contributed by atoms with Gasteiger partial charge in [0.15, 0.2) is 0 Å². The van der Waals surface area contributed by atoms with Crippen molar-refractivity contribution in [1.29, 1.82) is 0 Å². The molecule has 1 aliphatic carbocycles. The summed E-state index contributed by atoms with van der Waals surface area (Å²) in [7, 11) is 0. The SMILES string of the molecule is CC#CCCC(NCCC)C1CCCC1. The van der Waals surface area contributed by atoms with Crippen LogP contribution in [0.1, 0.15) is 58.8 Å². The second-order valence-electron chi connectivity index (χ2n) is 4.57. The van der Waals surface area contributed by atoms with Crippen LogP contribution in [0.2, 0.25) is 0 Å². The van der Waals surface area contributed by atoms with Gasteiger partial charge in [0.2, 0.25) is 0 Å². The fourth-order valence-electron chi connectivity index (χ4n) is 2.55. The predicted molar refractivity (Wildman–Crippen MR) is 66.7 cm³/mol. The molecular formula is C14H25N. The molecule has 1 aliphatic rings. The summed E-state index contributed by atoms with van der Waals surface area (Å²) in [4.78, 5) is 0. The molecule has 15 heavy (non-hydrogen) atoms. The van der Waals surface area contributed by atoms with E-state index in [9.17, 15) is 0 Å². The predicted octanol–water partition coefficient (Wildman–Crippen LogP) is 3.35. The van der Waals surface area contributed by atoms with Gasteiger partial charge in [0.1, 0.15) is 0 Å². The fraction of sp³-hybridized carbons (Fsp3) is 0.857. The van der Waals surface area contributed by atoms with Gasteiger partial charge in [-0.2, -0.15) is 0 Å². The number of nitrogens with one attached hydrogen (secondary N) is 1. The average Bonchev–Trinajstić information content (AvgIpc) is 2.76. The average molecular weight is 207 g/mol. The standard InChI is InChI=1S/C14H25N/c1-3-5-6-11-14(15-12-4-2)13-9-7-8-10-13/h13-15H,4,6-12H2,1-2H3. The Kier molecular flexibility index (Phi) is 6.52. The zero-order valence-electron chi connectivity index (χ0n) is 10.3. The Morgan fingerprint density at radius 2 is 2.07 bits per heavy atom. The van der Waals surface area contributed by atoms with Crippen LogP contribution in [0.3, 0.4) is 0 Å². The van der Waals surface area contributed by atoms with Crippen molar-refractivity contribution in [2.75, 3.05) is 6.54 Å². The van der Waals surface area contributed by atoms with Crippen LogP contribution in [-0.4, -0.2) is 12.6 Å². The molecule has 0 aromatic heterocycles. The first-order valence-corrected chi connectivity index (χ1v) is 6.51. The highest BCUT2D eigenvalue weighted by atomic mass is 14.9. The van der Waals surface area contributed by atoms with Gasteiger partial charge in [-0.3, -0.25) is 0 Å². The van der Waals surface area contributed by atoms with Gasteiger partial charge in [-0.15, -0.1) is 11.8 Å². The van der Waals surface area contributed by atoms with E-state index in [0.717, 1.165) is 18.4 Å². The van der Waals surface area contributed by atoms with Crippen molar-refractivity contribution in [2.45, 2.75) is 64.8 Å². The lowest BCUT2D eigenvalue weighted by molar-refractivity contribution is 0.343. The molecule has 1 unspecified atom stereocenters. The highest BCUT2D eigenvalue weighted by Gasteiger charge is 2.23. The van der Waals surface area contributed by atoms with Crippen molar-refractivity contribution in [3.63, 3.8) is 0 Å². The summed E-state index contributed by atoms with van der Waals surface area (Å²) < 4.78 is 0. The number of hydrogen-bond acceptors (Lipinski definition) is 1. The third-order valence-electron chi connectivity index (χ3n) is 3.38. The highest BCUT2D eigenvalue weighted by Crippen LogP contribution is 2.29. The van der Waals surface area contributed by atoms with Crippen molar-refractivity contribution < 1.29 is 0 Å². The minimum absolute atomic E-state index is 0.730. The molecule has 1 saturated carbocycles. The van der Waals surface area contributed by atoms with E-state index in [2.05, 4.69) is 24.1 Å². The van der Waals surface area contributed by atoms with Crippen LogP contribution < -0.4 is 5.32 Å². The first-order chi connectivity index (χ1) is 7.38. The van der Waals surface area contributed by atoms with Crippen LogP contribution in [-0.2, 0) is 0 Å². The molecule has 0 bridgehead atoms. The normalized spacial score (nSPS) is 18.5. The van der Waals surface area contributed by atoms with Gasteiger partial charge in [0.05, 0.1) is 0 Å². The lowest BCUT2D eigenvalue weighted by atomic mass is 9.94. The van der Waals surface area contributed by atoms with Crippen LogP contribution in [0.5, 0.6) is 0 Å². The summed E-state index contributed by atoms with van der Waals surface area (Å²) >= 11 is 0. The quantitative estimate of drug-likeness (QED) is 0.659. The third-order valence-corrected chi connectivity index (χ3v) is 3.38. The Hall–Kier alpha value is -0.480. The van der Waals surface area contributed by atoms with E-state index < -0.39 is 0 Å². The smallest absolute Gasteiger partial charge is 0.0104 e. The lowest BCUT2D eigenvalue weighted by Crippen LogP contribution is -2.35. The lowest BCUT2D eigenvalue weighted by Gasteiger charge is -2.24. The molecule has 0 aliphatic heterocycles. The van der Waals surface area contributed by atoms with E-state index in [-0.39, 0.29) is 0 Å². The Morgan fingerprint density at radius 3 is 2.67 bits per heavy atom. The summed E-state index contributed by atoms with van der Waals surface area (Å²) in [5.74, 6) is 7.11. The molecule has 0 heterocycles. The Morgan fingerprint density at radius 1 is 1.33 bits per heavy atom. The third kappa shape index (κ3) is 4.71. The Balaban J connectivity index is 2.32. The van der Waals surface area contributed by atoms with Crippen molar-refractivity contribution in [3.8, 4) is 11.8 Å². The van der Waals surface area contributed by atoms with Crippen molar-refractivity contribution >= 4 is 0 Å². The highest BCUT2D eigenvalue weighted by molar-refractivity contribution is 4.96. The summed E-state index contributed by atoms with van der Waals surface area (Å²) in [6.07, 6.45) is 9.29. The molecule has 1 nitrogen and oxygen atoms in total. The van der Waals surface area contributed by atoms with Gasteiger partial charge in [-0.1, -0.05) is 19.8 Å². The first-order valence-electron chi connectivity index (χ1n) is 6.51. The van der Waals surface area contributed by atoms with Crippen LogP contribution in [0.4, 0.5) is 0 Å². The molecule has 1 rings (SSSR count). The summed E-state index contributed by atoms with van der Waals surface area (Å²) in [5.41, 5.74) is 0. The fourth-order valence-corrected chi connectivity index (χ4v) is 2.55. The molecular weight excluding hydrogens is 182 g/mol. The van der Waals surface area contributed by atoms with Gasteiger partial charge in [0, 0.05) is 12.5 Å². The topological polar surface area (TPSA) is 12.0 Å².